The second kappa shape index (κ2) is 6.21. The molecule has 0 saturated heterocycles. The number of rotatable bonds is 5. The van der Waals surface area contributed by atoms with E-state index in [1.807, 2.05) is 12.1 Å². The molecule has 0 aliphatic rings. The SMILES string of the molecule is CCC(C)c1ccc(NC(=O)c2ccc([N+](=O)[O-])o2)cc1. The van der Waals surface area contributed by atoms with Crippen LogP contribution in [0.1, 0.15) is 42.3 Å². The van der Waals surface area contributed by atoms with E-state index in [-0.39, 0.29) is 5.76 Å². The van der Waals surface area contributed by atoms with Gasteiger partial charge < -0.3 is 9.73 Å². The van der Waals surface area contributed by atoms with E-state index in [4.69, 9.17) is 4.42 Å². The number of nitro groups is 1. The van der Waals surface area contributed by atoms with Gasteiger partial charge in [0, 0.05) is 5.69 Å². The molecule has 21 heavy (non-hydrogen) atoms. The van der Waals surface area contributed by atoms with Crippen LogP contribution in [0.5, 0.6) is 0 Å². The molecule has 6 heteroatoms. The third-order valence-corrected chi connectivity index (χ3v) is 3.35. The highest BCUT2D eigenvalue weighted by molar-refractivity contribution is 6.02. The topological polar surface area (TPSA) is 85.4 Å². The average molecular weight is 288 g/mol. The van der Waals surface area contributed by atoms with Gasteiger partial charge in [0.15, 0.2) is 5.76 Å². The van der Waals surface area contributed by atoms with Crippen LogP contribution in [-0.2, 0) is 0 Å². The minimum Gasteiger partial charge on any atom is -0.395 e. The monoisotopic (exact) mass is 288 g/mol. The van der Waals surface area contributed by atoms with Crippen LogP contribution >= 0.6 is 0 Å². The largest absolute Gasteiger partial charge is 0.433 e. The molecule has 2 rings (SSSR count). The van der Waals surface area contributed by atoms with E-state index in [1.54, 1.807) is 12.1 Å². The van der Waals surface area contributed by atoms with Crippen LogP contribution in [0, 0.1) is 10.1 Å². The number of carbonyl (C=O) groups excluding carboxylic acids is 1. The molecule has 0 spiro atoms. The molecule has 2 aromatic rings. The molecule has 1 amide bonds. The Kier molecular flexibility index (Phi) is 4.37. The van der Waals surface area contributed by atoms with E-state index in [9.17, 15) is 14.9 Å². The standard InChI is InChI=1S/C15H16N2O4/c1-3-10(2)11-4-6-12(7-5-11)16-15(18)13-8-9-14(21-13)17(19)20/h4-10H,3H2,1-2H3,(H,16,18). The first-order valence-electron chi connectivity index (χ1n) is 6.66. The van der Waals surface area contributed by atoms with E-state index < -0.39 is 16.7 Å². The molecule has 0 radical (unpaired) electrons. The van der Waals surface area contributed by atoms with Crippen molar-refractivity contribution in [3.63, 3.8) is 0 Å². The van der Waals surface area contributed by atoms with Crippen molar-refractivity contribution in [2.24, 2.45) is 0 Å². The summed E-state index contributed by atoms with van der Waals surface area (Å²) in [6.45, 7) is 4.25. The lowest BCUT2D eigenvalue weighted by Crippen LogP contribution is -2.10. The second-order valence-corrected chi connectivity index (χ2v) is 4.78. The zero-order valence-corrected chi connectivity index (χ0v) is 11.8. The van der Waals surface area contributed by atoms with Gasteiger partial charge in [0.25, 0.3) is 5.91 Å². The second-order valence-electron chi connectivity index (χ2n) is 4.78. The molecular formula is C15H16N2O4. The van der Waals surface area contributed by atoms with Gasteiger partial charge in [0.1, 0.15) is 4.92 Å². The number of furan rings is 1. The van der Waals surface area contributed by atoms with Crippen LogP contribution < -0.4 is 5.32 Å². The van der Waals surface area contributed by atoms with Crippen molar-refractivity contribution in [3.05, 3.63) is 57.8 Å². The normalized spacial score (nSPS) is 11.9. The third kappa shape index (κ3) is 3.47. The van der Waals surface area contributed by atoms with Crippen molar-refractivity contribution in [1.29, 1.82) is 0 Å². The zero-order chi connectivity index (χ0) is 15.4. The van der Waals surface area contributed by atoms with Crippen molar-refractivity contribution < 1.29 is 14.1 Å². The number of amides is 1. The molecule has 0 aliphatic heterocycles. The third-order valence-electron chi connectivity index (χ3n) is 3.35. The summed E-state index contributed by atoms with van der Waals surface area (Å²) in [7, 11) is 0. The van der Waals surface area contributed by atoms with Crippen molar-refractivity contribution in [1.82, 2.24) is 0 Å². The van der Waals surface area contributed by atoms with Gasteiger partial charge in [-0.2, -0.15) is 0 Å². The minimum absolute atomic E-state index is 0.0901. The van der Waals surface area contributed by atoms with Crippen LogP contribution in [0.2, 0.25) is 0 Å². The quantitative estimate of drug-likeness (QED) is 0.666. The van der Waals surface area contributed by atoms with Gasteiger partial charge in [0.2, 0.25) is 0 Å². The van der Waals surface area contributed by atoms with Crippen LogP contribution in [0.15, 0.2) is 40.8 Å². The van der Waals surface area contributed by atoms with E-state index >= 15 is 0 Å². The number of nitrogens with zero attached hydrogens (tertiary/aromatic N) is 1. The highest BCUT2D eigenvalue weighted by Crippen LogP contribution is 2.21. The first-order valence-corrected chi connectivity index (χ1v) is 6.66. The Balaban J connectivity index is 2.06. The van der Waals surface area contributed by atoms with Crippen molar-refractivity contribution in [2.45, 2.75) is 26.2 Å². The van der Waals surface area contributed by atoms with Gasteiger partial charge >= 0.3 is 5.88 Å². The Labute approximate surface area is 121 Å². The maximum Gasteiger partial charge on any atom is 0.433 e. The molecule has 1 unspecified atom stereocenters. The van der Waals surface area contributed by atoms with E-state index in [1.165, 1.54) is 11.6 Å². The lowest BCUT2D eigenvalue weighted by molar-refractivity contribution is -0.402. The molecule has 0 saturated carbocycles. The number of benzene rings is 1. The fraction of sp³-hybridized carbons (Fsp3) is 0.267. The van der Waals surface area contributed by atoms with Crippen molar-refractivity contribution in [3.8, 4) is 0 Å². The first-order chi connectivity index (χ1) is 10.0. The summed E-state index contributed by atoms with van der Waals surface area (Å²) in [5.74, 6) is -0.596. The lowest BCUT2D eigenvalue weighted by atomic mass is 9.99. The summed E-state index contributed by atoms with van der Waals surface area (Å²) < 4.78 is 4.85. The van der Waals surface area contributed by atoms with Gasteiger partial charge in [0.05, 0.1) is 6.07 Å². The molecule has 1 N–H and O–H groups in total. The Bertz CT molecular complexity index is 646. The summed E-state index contributed by atoms with van der Waals surface area (Å²) in [6.07, 6.45) is 1.04. The molecule has 1 aromatic carbocycles. The van der Waals surface area contributed by atoms with Gasteiger partial charge in [-0.25, -0.2) is 0 Å². The number of nitrogens with one attached hydrogen (secondary N) is 1. The summed E-state index contributed by atoms with van der Waals surface area (Å²) in [6, 6.07) is 9.94. The van der Waals surface area contributed by atoms with E-state index in [0.717, 1.165) is 12.5 Å². The maximum atomic E-state index is 11.9. The predicted octanol–water partition coefficient (Wildman–Crippen LogP) is 3.95. The molecule has 1 heterocycles. The molecule has 110 valence electrons. The van der Waals surface area contributed by atoms with Crippen molar-refractivity contribution >= 4 is 17.5 Å². The maximum absolute atomic E-state index is 11.9. The molecular weight excluding hydrogens is 272 g/mol. The highest BCUT2D eigenvalue weighted by atomic mass is 16.6. The average Bonchev–Trinajstić information content (AvgIpc) is 2.97. The van der Waals surface area contributed by atoms with Crippen LogP contribution in [0.4, 0.5) is 11.6 Å². The van der Waals surface area contributed by atoms with E-state index in [0.29, 0.717) is 11.6 Å². The summed E-state index contributed by atoms with van der Waals surface area (Å²) in [5.41, 5.74) is 1.82. The summed E-state index contributed by atoms with van der Waals surface area (Å²) >= 11 is 0. The van der Waals surface area contributed by atoms with Crippen molar-refractivity contribution in [2.75, 3.05) is 5.32 Å². The molecule has 0 fully saturated rings. The Morgan fingerprint density at radius 1 is 1.29 bits per heavy atom. The van der Waals surface area contributed by atoms with Crippen LogP contribution in [0.25, 0.3) is 0 Å². The number of carbonyl (C=O) groups is 1. The Morgan fingerprint density at radius 3 is 2.48 bits per heavy atom. The lowest BCUT2D eigenvalue weighted by Gasteiger charge is -2.10. The van der Waals surface area contributed by atoms with Gasteiger partial charge in [-0.05, 0) is 36.1 Å². The Hall–Kier alpha value is -2.63. The summed E-state index contributed by atoms with van der Waals surface area (Å²) in [4.78, 5) is 21.7. The van der Waals surface area contributed by atoms with Crippen LogP contribution in [0.3, 0.4) is 0 Å². The molecule has 1 aromatic heterocycles. The minimum atomic E-state index is -0.683. The van der Waals surface area contributed by atoms with Gasteiger partial charge in [-0.15, -0.1) is 0 Å². The smallest absolute Gasteiger partial charge is 0.395 e. The number of hydrogen-bond acceptors (Lipinski definition) is 4. The van der Waals surface area contributed by atoms with Gasteiger partial charge in [-0.1, -0.05) is 26.0 Å². The van der Waals surface area contributed by atoms with E-state index in [2.05, 4.69) is 19.2 Å². The molecule has 1 atom stereocenters. The Morgan fingerprint density at radius 2 is 1.95 bits per heavy atom. The fourth-order valence-electron chi connectivity index (χ4n) is 1.87. The molecule has 0 bridgehead atoms. The first kappa shape index (κ1) is 14.8. The number of anilines is 1. The highest BCUT2D eigenvalue weighted by Gasteiger charge is 2.17. The van der Waals surface area contributed by atoms with Crippen LogP contribution in [-0.4, -0.2) is 10.8 Å². The number of hydrogen-bond donors (Lipinski definition) is 1. The van der Waals surface area contributed by atoms with Gasteiger partial charge in [-0.3, -0.25) is 14.9 Å². The molecule has 0 aliphatic carbocycles. The predicted molar refractivity (Wildman–Crippen MR) is 78.5 cm³/mol. The fourth-order valence-corrected chi connectivity index (χ4v) is 1.87. The zero-order valence-electron chi connectivity index (χ0n) is 11.8. The molecule has 6 nitrogen and oxygen atoms in total. The summed E-state index contributed by atoms with van der Waals surface area (Å²) in [5, 5.41) is 13.1.